The van der Waals surface area contributed by atoms with Gasteiger partial charge in [0.1, 0.15) is 0 Å². The maximum Gasteiger partial charge on any atom is 0.311 e. The normalized spacial score (nSPS) is 9.09. The van der Waals surface area contributed by atoms with E-state index in [1.807, 2.05) is 20.8 Å². The van der Waals surface area contributed by atoms with Crippen molar-refractivity contribution in [1.82, 2.24) is 0 Å². The van der Waals surface area contributed by atoms with Gasteiger partial charge in [-0.2, -0.15) is 0 Å². The molecule has 2 nitrogen and oxygen atoms in total. The van der Waals surface area contributed by atoms with Crippen molar-refractivity contribution in [2.75, 3.05) is 7.11 Å². The van der Waals surface area contributed by atoms with E-state index in [2.05, 4.69) is 4.74 Å². The number of hydrogen-bond acceptors (Lipinski definition) is 2. The molecule has 0 rings (SSSR count). The molecule has 0 saturated heterocycles. The van der Waals surface area contributed by atoms with E-state index in [0.717, 1.165) is 6.42 Å². The van der Waals surface area contributed by atoms with Gasteiger partial charge < -0.3 is 4.74 Å². The highest BCUT2D eigenvalue weighted by molar-refractivity contribution is 5.75. The Labute approximate surface area is 70.9 Å². The molecule has 0 aromatic carbocycles. The van der Waals surface area contributed by atoms with Crippen molar-refractivity contribution in [3.63, 3.8) is 0 Å². The number of rotatable bonds is 2. The van der Waals surface area contributed by atoms with Crippen LogP contribution in [0.4, 0.5) is 0 Å². The van der Waals surface area contributed by atoms with E-state index in [1.54, 1.807) is 0 Å². The lowest BCUT2D eigenvalue weighted by Crippen LogP contribution is -2.24. The number of carbonyl (C=O) groups is 1. The fourth-order valence-electron chi connectivity index (χ4n) is 0.421. The molecule has 0 heterocycles. The first-order valence-electron chi connectivity index (χ1n) is 3.13. The maximum absolute atomic E-state index is 10.8. The van der Waals surface area contributed by atoms with Gasteiger partial charge in [0.25, 0.3) is 0 Å². The van der Waals surface area contributed by atoms with Crippen molar-refractivity contribution in [3.8, 4) is 0 Å². The molecule has 0 aliphatic heterocycles. The van der Waals surface area contributed by atoms with Crippen LogP contribution in [0.1, 0.15) is 42.0 Å². The van der Waals surface area contributed by atoms with Gasteiger partial charge >= 0.3 is 5.97 Å². The lowest BCUT2D eigenvalue weighted by molar-refractivity contribution is -0.150. The maximum atomic E-state index is 10.8. The summed E-state index contributed by atoms with van der Waals surface area (Å²) in [6, 6.07) is 0. The molecular formula is C9H22O2. The molecule has 0 fully saturated rings. The molecule has 0 unspecified atom stereocenters. The second-order valence-electron chi connectivity index (χ2n) is 2.73. The highest BCUT2D eigenvalue weighted by Crippen LogP contribution is 2.20. The highest BCUT2D eigenvalue weighted by atomic mass is 16.5. The largest absolute Gasteiger partial charge is 0.469 e. The summed E-state index contributed by atoms with van der Waals surface area (Å²) < 4.78 is 4.57. The van der Waals surface area contributed by atoms with Crippen molar-refractivity contribution in [2.24, 2.45) is 5.41 Å². The monoisotopic (exact) mass is 162 g/mol. The van der Waals surface area contributed by atoms with Crippen LogP contribution in [-0.2, 0) is 9.53 Å². The van der Waals surface area contributed by atoms with Gasteiger partial charge in [0.15, 0.2) is 0 Å². The third kappa shape index (κ3) is 4.82. The molecule has 0 aliphatic rings. The summed E-state index contributed by atoms with van der Waals surface area (Å²) in [6.07, 6.45) is 0.819. The minimum Gasteiger partial charge on any atom is -0.469 e. The van der Waals surface area contributed by atoms with Crippen LogP contribution in [0, 0.1) is 5.41 Å². The molecule has 0 spiro atoms. The molecular weight excluding hydrogens is 140 g/mol. The van der Waals surface area contributed by atoms with Gasteiger partial charge in [-0.25, -0.2) is 0 Å². The lowest BCUT2D eigenvalue weighted by Gasteiger charge is -2.17. The van der Waals surface area contributed by atoms with E-state index < -0.39 is 0 Å². The summed E-state index contributed by atoms with van der Waals surface area (Å²) in [7, 11) is 1.42. The first kappa shape index (κ1) is 16.8. The van der Waals surface area contributed by atoms with E-state index in [0.29, 0.717) is 0 Å². The quantitative estimate of drug-likeness (QED) is 0.584. The summed E-state index contributed by atoms with van der Waals surface area (Å²) in [5.74, 6) is -0.134. The van der Waals surface area contributed by atoms with Crippen LogP contribution in [0.5, 0.6) is 0 Å². The van der Waals surface area contributed by atoms with Gasteiger partial charge in [-0.15, -0.1) is 0 Å². The number of esters is 1. The lowest BCUT2D eigenvalue weighted by atomic mass is 9.91. The molecule has 0 aromatic rings. The standard InChI is InChI=1S/C7H14O2.2CH4/c1-5-7(2,3)6(8)9-4;;/h5H2,1-4H3;2*1H4. The molecule has 70 valence electrons. The van der Waals surface area contributed by atoms with Gasteiger partial charge in [-0.1, -0.05) is 21.8 Å². The second-order valence-corrected chi connectivity index (χ2v) is 2.73. The Morgan fingerprint density at radius 3 is 1.82 bits per heavy atom. The Kier molecular flexibility index (Phi) is 9.48. The molecule has 0 amide bonds. The zero-order valence-corrected chi connectivity index (χ0v) is 6.52. The summed E-state index contributed by atoms with van der Waals surface area (Å²) >= 11 is 0. The van der Waals surface area contributed by atoms with Crippen LogP contribution in [0.3, 0.4) is 0 Å². The SMILES string of the molecule is C.C.CCC(C)(C)C(=O)OC. The van der Waals surface area contributed by atoms with E-state index in [1.165, 1.54) is 7.11 Å². The van der Waals surface area contributed by atoms with Gasteiger partial charge in [0.2, 0.25) is 0 Å². The van der Waals surface area contributed by atoms with E-state index in [9.17, 15) is 4.79 Å². The van der Waals surface area contributed by atoms with Crippen molar-refractivity contribution in [3.05, 3.63) is 0 Å². The third-order valence-electron chi connectivity index (χ3n) is 1.62. The Morgan fingerprint density at radius 1 is 1.36 bits per heavy atom. The molecule has 0 bridgehead atoms. The van der Waals surface area contributed by atoms with Gasteiger partial charge in [0, 0.05) is 0 Å². The van der Waals surface area contributed by atoms with Crippen LogP contribution in [0.2, 0.25) is 0 Å². The zero-order chi connectivity index (χ0) is 7.49. The Hall–Kier alpha value is -0.530. The molecule has 2 heteroatoms. The molecule has 0 aromatic heterocycles. The first-order chi connectivity index (χ1) is 4.04. The third-order valence-corrected chi connectivity index (χ3v) is 1.62. The number of carbonyl (C=O) groups excluding carboxylic acids is 1. The van der Waals surface area contributed by atoms with Crippen LogP contribution in [0.15, 0.2) is 0 Å². The Balaban J connectivity index is -0.000000320. The molecule has 0 aliphatic carbocycles. The zero-order valence-electron chi connectivity index (χ0n) is 6.52. The van der Waals surface area contributed by atoms with E-state index in [-0.39, 0.29) is 26.2 Å². The summed E-state index contributed by atoms with van der Waals surface area (Å²) in [4.78, 5) is 10.8. The summed E-state index contributed by atoms with van der Waals surface area (Å²) in [5, 5.41) is 0. The van der Waals surface area contributed by atoms with Crippen LogP contribution in [-0.4, -0.2) is 13.1 Å². The smallest absolute Gasteiger partial charge is 0.311 e. The molecule has 0 atom stereocenters. The summed E-state index contributed by atoms with van der Waals surface area (Å²) in [5.41, 5.74) is -0.311. The molecule has 0 N–H and O–H groups in total. The van der Waals surface area contributed by atoms with E-state index >= 15 is 0 Å². The van der Waals surface area contributed by atoms with Crippen LogP contribution in [0.25, 0.3) is 0 Å². The van der Waals surface area contributed by atoms with Gasteiger partial charge in [-0.05, 0) is 20.3 Å². The minimum absolute atomic E-state index is 0. The van der Waals surface area contributed by atoms with Crippen molar-refractivity contribution >= 4 is 5.97 Å². The number of hydrogen-bond donors (Lipinski definition) is 0. The highest BCUT2D eigenvalue weighted by Gasteiger charge is 2.25. The fraction of sp³-hybridized carbons (Fsp3) is 0.889. The minimum atomic E-state index is -0.311. The predicted octanol–water partition coefficient (Wildman–Crippen LogP) is 2.87. The van der Waals surface area contributed by atoms with Crippen molar-refractivity contribution in [2.45, 2.75) is 42.0 Å². The molecule has 0 radical (unpaired) electrons. The Bertz CT molecular complexity index is 106. The molecule has 0 saturated carbocycles. The number of ether oxygens (including phenoxy) is 1. The van der Waals surface area contributed by atoms with Crippen molar-refractivity contribution in [1.29, 1.82) is 0 Å². The number of methoxy groups -OCH3 is 1. The van der Waals surface area contributed by atoms with E-state index in [4.69, 9.17) is 0 Å². The first-order valence-corrected chi connectivity index (χ1v) is 3.13. The average molecular weight is 162 g/mol. The average Bonchev–Trinajstić information content (AvgIpc) is 1.86. The van der Waals surface area contributed by atoms with Gasteiger partial charge in [-0.3, -0.25) is 4.79 Å². The second kappa shape index (κ2) is 6.20. The van der Waals surface area contributed by atoms with Crippen molar-refractivity contribution < 1.29 is 9.53 Å². The van der Waals surface area contributed by atoms with Crippen LogP contribution < -0.4 is 0 Å². The molecule has 11 heavy (non-hydrogen) atoms. The summed E-state index contributed by atoms with van der Waals surface area (Å²) in [6.45, 7) is 5.72. The van der Waals surface area contributed by atoms with Crippen LogP contribution >= 0.6 is 0 Å². The van der Waals surface area contributed by atoms with Gasteiger partial charge in [0.05, 0.1) is 12.5 Å². The Morgan fingerprint density at radius 2 is 1.73 bits per heavy atom. The fourth-order valence-corrected chi connectivity index (χ4v) is 0.421. The predicted molar refractivity (Wildman–Crippen MR) is 49.6 cm³/mol. The topological polar surface area (TPSA) is 26.3 Å².